The van der Waals surface area contributed by atoms with Crippen molar-refractivity contribution in [3.63, 3.8) is 0 Å². The van der Waals surface area contributed by atoms with Crippen LogP contribution in [0.5, 0.6) is 0 Å². The lowest BCUT2D eigenvalue weighted by atomic mass is 10.1. The number of hydrogen-bond donors (Lipinski definition) is 3. The number of H-pyrrole nitrogens is 2. The van der Waals surface area contributed by atoms with Crippen LogP contribution in [0.25, 0.3) is 21.8 Å². The van der Waals surface area contributed by atoms with Crippen molar-refractivity contribution in [3.05, 3.63) is 72.6 Å². The molecule has 2 aromatic carbocycles. The lowest BCUT2D eigenvalue weighted by molar-refractivity contribution is 0.0697. The van der Waals surface area contributed by atoms with Crippen LogP contribution in [-0.4, -0.2) is 21.0 Å². The van der Waals surface area contributed by atoms with Gasteiger partial charge in [0.2, 0.25) is 0 Å². The molecule has 0 saturated heterocycles. The normalized spacial score (nSPS) is 10.3. The van der Waals surface area contributed by atoms with E-state index >= 15 is 0 Å². The van der Waals surface area contributed by atoms with Gasteiger partial charge in [0.05, 0.1) is 5.56 Å². The van der Waals surface area contributed by atoms with Gasteiger partial charge < -0.3 is 15.1 Å². The van der Waals surface area contributed by atoms with Crippen molar-refractivity contribution in [1.82, 2.24) is 9.97 Å². The van der Waals surface area contributed by atoms with Gasteiger partial charge in [0.15, 0.2) is 0 Å². The lowest BCUT2D eigenvalue weighted by Gasteiger charge is -1.93. The molecule has 0 saturated carbocycles. The number of carboxylic acids is 1. The number of rotatable bonds is 1. The van der Waals surface area contributed by atoms with Gasteiger partial charge in [-0.05, 0) is 41.8 Å². The van der Waals surface area contributed by atoms with Crippen LogP contribution in [0.15, 0.2) is 67.0 Å². The predicted molar refractivity (Wildman–Crippen MR) is 83.6 cm³/mol. The van der Waals surface area contributed by atoms with Crippen LogP contribution in [-0.2, 0) is 0 Å². The number of carbonyl (C=O) groups is 1. The summed E-state index contributed by atoms with van der Waals surface area (Å²) in [6, 6.07) is 17.1. The van der Waals surface area contributed by atoms with Crippen LogP contribution in [0, 0.1) is 0 Å². The van der Waals surface area contributed by atoms with Crippen LogP contribution in [0.1, 0.15) is 10.4 Å². The average Bonchev–Trinajstić information content (AvgIpc) is 3.15. The second-order valence-corrected chi connectivity index (χ2v) is 4.65. The Balaban J connectivity index is 0.000000131. The SMILES string of the molecule is O=C(O)c1ccc2[nH]ccc2c1.c1ccc2[nH]ccc2c1. The Kier molecular flexibility index (Phi) is 3.43. The van der Waals surface area contributed by atoms with E-state index < -0.39 is 5.97 Å². The molecule has 2 heterocycles. The Bertz CT molecular complexity index is 859. The van der Waals surface area contributed by atoms with E-state index in [0.717, 1.165) is 10.9 Å². The third kappa shape index (κ3) is 2.79. The zero-order valence-corrected chi connectivity index (χ0v) is 11.2. The molecule has 0 atom stereocenters. The molecule has 0 radical (unpaired) electrons. The highest BCUT2D eigenvalue weighted by molar-refractivity contribution is 5.93. The number of aromatic amines is 2. The summed E-state index contributed by atoms with van der Waals surface area (Å²) in [7, 11) is 0. The number of para-hydroxylation sites is 1. The van der Waals surface area contributed by atoms with Crippen molar-refractivity contribution in [2.24, 2.45) is 0 Å². The van der Waals surface area contributed by atoms with Crippen LogP contribution >= 0.6 is 0 Å². The largest absolute Gasteiger partial charge is 0.478 e. The van der Waals surface area contributed by atoms with Gasteiger partial charge in [-0.2, -0.15) is 0 Å². The van der Waals surface area contributed by atoms with Crippen LogP contribution < -0.4 is 0 Å². The molecule has 0 bridgehead atoms. The zero-order chi connectivity index (χ0) is 14.7. The van der Waals surface area contributed by atoms with Crippen LogP contribution in [0.2, 0.25) is 0 Å². The molecule has 0 aliphatic carbocycles. The number of nitrogens with one attached hydrogen (secondary N) is 2. The molecular formula is C17H14N2O2. The second kappa shape index (κ2) is 5.54. The number of carboxylic acid groups (broad SMARTS) is 1. The Morgan fingerprint density at radius 1 is 0.810 bits per heavy atom. The topological polar surface area (TPSA) is 68.9 Å². The molecule has 0 amide bonds. The van der Waals surface area contributed by atoms with E-state index in [2.05, 4.69) is 28.2 Å². The Hall–Kier alpha value is -3.01. The van der Waals surface area contributed by atoms with Crippen molar-refractivity contribution in [3.8, 4) is 0 Å². The van der Waals surface area contributed by atoms with Crippen molar-refractivity contribution in [2.45, 2.75) is 0 Å². The number of aromatic carboxylic acids is 1. The molecule has 4 nitrogen and oxygen atoms in total. The molecule has 4 rings (SSSR count). The summed E-state index contributed by atoms with van der Waals surface area (Å²) in [4.78, 5) is 16.7. The number of fused-ring (bicyclic) bond motifs is 2. The summed E-state index contributed by atoms with van der Waals surface area (Å²) < 4.78 is 0. The fraction of sp³-hybridized carbons (Fsp3) is 0. The quantitative estimate of drug-likeness (QED) is 0.492. The summed E-state index contributed by atoms with van der Waals surface area (Å²) in [5, 5.41) is 10.9. The maximum Gasteiger partial charge on any atom is 0.335 e. The Labute approximate surface area is 121 Å². The van der Waals surface area contributed by atoms with Gasteiger partial charge >= 0.3 is 5.97 Å². The number of benzene rings is 2. The fourth-order valence-corrected chi connectivity index (χ4v) is 2.18. The fourth-order valence-electron chi connectivity index (χ4n) is 2.18. The molecule has 104 valence electrons. The molecule has 0 aliphatic rings. The van der Waals surface area contributed by atoms with Crippen molar-refractivity contribution < 1.29 is 9.90 Å². The maximum absolute atomic E-state index is 10.6. The predicted octanol–water partition coefficient (Wildman–Crippen LogP) is 4.03. The van der Waals surface area contributed by atoms with Crippen molar-refractivity contribution in [1.29, 1.82) is 0 Å². The van der Waals surface area contributed by atoms with Gasteiger partial charge in [0, 0.05) is 28.8 Å². The van der Waals surface area contributed by atoms with E-state index in [0.29, 0.717) is 5.56 Å². The summed E-state index contributed by atoms with van der Waals surface area (Å²) >= 11 is 0. The highest BCUT2D eigenvalue weighted by Crippen LogP contribution is 2.13. The van der Waals surface area contributed by atoms with E-state index in [-0.39, 0.29) is 0 Å². The first-order chi connectivity index (χ1) is 10.2. The van der Waals surface area contributed by atoms with Gasteiger partial charge in [-0.25, -0.2) is 4.79 Å². The van der Waals surface area contributed by atoms with Gasteiger partial charge in [-0.15, -0.1) is 0 Å². The molecule has 4 heteroatoms. The molecule has 0 unspecified atom stereocenters. The first-order valence-corrected chi connectivity index (χ1v) is 6.56. The monoisotopic (exact) mass is 278 g/mol. The smallest absolute Gasteiger partial charge is 0.335 e. The maximum atomic E-state index is 10.6. The third-order valence-electron chi connectivity index (χ3n) is 3.26. The van der Waals surface area contributed by atoms with E-state index in [9.17, 15) is 4.79 Å². The molecule has 3 N–H and O–H groups in total. The Morgan fingerprint density at radius 3 is 2.19 bits per heavy atom. The lowest BCUT2D eigenvalue weighted by Crippen LogP contribution is -1.94. The second-order valence-electron chi connectivity index (χ2n) is 4.65. The average molecular weight is 278 g/mol. The van der Waals surface area contributed by atoms with E-state index in [1.165, 1.54) is 10.9 Å². The van der Waals surface area contributed by atoms with Crippen molar-refractivity contribution in [2.75, 3.05) is 0 Å². The van der Waals surface area contributed by atoms with Crippen LogP contribution in [0.4, 0.5) is 0 Å². The summed E-state index contributed by atoms with van der Waals surface area (Å²) in [5.41, 5.74) is 2.49. The number of aromatic nitrogens is 2. The van der Waals surface area contributed by atoms with E-state index in [4.69, 9.17) is 5.11 Å². The molecule has 0 spiro atoms. The first-order valence-electron chi connectivity index (χ1n) is 6.56. The summed E-state index contributed by atoms with van der Waals surface area (Å²) in [6.45, 7) is 0. The van der Waals surface area contributed by atoms with Crippen molar-refractivity contribution >= 4 is 27.8 Å². The van der Waals surface area contributed by atoms with Crippen LogP contribution in [0.3, 0.4) is 0 Å². The highest BCUT2D eigenvalue weighted by Gasteiger charge is 2.02. The molecule has 21 heavy (non-hydrogen) atoms. The highest BCUT2D eigenvalue weighted by atomic mass is 16.4. The minimum absolute atomic E-state index is 0.321. The standard InChI is InChI=1S/C9H7NO2.C8H7N/c11-9(12)7-1-2-8-6(5-7)3-4-10-8;1-2-4-8-7(3-1)5-6-9-8/h1-5,10H,(H,11,12);1-6,9H. The third-order valence-corrected chi connectivity index (χ3v) is 3.26. The van der Waals surface area contributed by atoms with E-state index in [1.807, 2.05) is 24.4 Å². The zero-order valence-electron chi connectivity index (χ0n) is 11.2. The molecular weight excluding hydrogens is 264 g/mol. The number of hydrogen-bond acceptors (Lipinski definition) is 1. The van der Waals surface area contributed by atoms with Gasteiger partial charge in [0.25, 0.3) is 0 Å². The van der Waals surface area contributed by atoms with E-state index in [1.54, 1.807) is 24.4 Å². The Morgan fingerprint density at radius 2 is 1.48 bits per heavy atom. The first kappa shape index (κ1) is 13.0. The molecule has 0 fully saturated rings. The summed E-state index contributed by atoms with van der Waals surface area (Å²) in [5.74, 6) is -0.891. The molecule has 2 aromatic heterocycles. The molecule has 4 aromatic rings. The van der Waals surface area contributed by atoms with Gasteiger partial charge in [0.1, 0.15) is 0 Å². The van der Waals surface area contributed by atoms with Gasteiger partial charge in [-0.1, -0.05) is 18.2 Å². The summed E-state index contributed by atoms with van der Waals surface area (Å²) in [6.07, 6.45) is 3.74. The minimum atomic E-state index is -0.891. The van der Waals surface area contributed by atoms with Gasteiger partial charge in [-0.3, -0.25) is 0 Å². The molecule has 0 aliphatic heterocycles. The minimum Gasteiger partial charge on any atom is -0.478 e.